The van der Waals surface area contributed by atoms with Gasteiger partial charge in [0.15, 0.2) is 0 Å². The van der Waals surface area contributed by atoms with Gasteiger partial charge in [0.05, 0.1) is 0 Å². The summed E-state index contributed by atoms with van der Waals surface area (Å²) in [6.07, 6.45) is 6.45. The van der Waals surface area contributed by atoms with Crippen LogP contribution in [0.25, 0.3) is 0 Å². The number of carbonyl (C=O) groups is 1. The molecule has 1 nitrogen and oxygen atoms in total. The first-order chi connectivity index (χ1) is 7.15. The molecule has 0 saturated heterocycles. The highest BCUT2D eigenvalue weighted by molar-refractivity contribution is 5.85. The maximum atomic E-state index is 11.7. The van der Waals surface area contributed by atoms with Gasteiger partial charge in [-0.15, -0.1) is 0 Å². The third kappa shape index (κ3) is 2.63. The molecule has 1 aliphatic rings. The highest BCUT2D eigenvalue weighted by Crippen LogP contribution is 2.40. The van der Waals surface area contributed by atoms with E-state index in [-0.39, 0.29) is 16.6 Å². The van der Waals surface area contributed by atoms with E-state index in [0.717, 1.165) is 12.8 Å². The van der Waals surface area contributed by atoms with Gasteiger partial charge in [0.2, 0.25) is 0 Å². The van der Waals surface area contributed by atoms with Crippen molar-refractivity contribution in [3.63, 3.8) is 0 Å². The molecule has 0 aliphatic heterocycles. The summed E-state index contributed by atoms with van der Waals surface area (Å²) in [5, 5.41) is 0. The molecule has 0 saturated carbocycles. The third-order valence-electron chi connectivity index (χ3n) is 3.76. The summed E-state index contributed by atoms with van der Waals surface area (Å²) in [5.41, 5.74) is 2.66. The van der Waals surface area contributed by atoms with Crippen LogP contribution >= 0.6 is 0 Å². The van der Waals surface area contributed by atoms with Crippen molar-refractivity contribution in [2.45, 2.75) is 54.4 Å². The summed E-state index contributed by atoms with van der Waals surface area (Å²) >= 11 is 0. The minimum Gasteiger partial charge on any atom is -0.299 e. The van der Waals surface area contributed by atoms with Gasteiger partial charge in [-0.05, 0) is 39.0 Å². The standard InChI is InChI=1S/C15H24O/c1-11(16)15(5,6)13-9-7-8-12(10-13)14(2,3)4/h8-9H,7,10H2,1-6H3. The molecule has 1 aliphatic carbocycles. The lowest BCUT2D eigenvalue weighted by molar-refractivity contribution is -0.123. The van der Waals surface area contributed by atoms with E-state index < -0.39 is 0 Å². The van der Waals surface area contributed by atoms with Crippen LogP contribution < -0.4 is 0 Å². The summed E-state index contributed by atoms with van der Waals surface area (Å²) < 4.78 is 0. The molecule has 1 heteroatoms. The first-order valence-electron chi connectivity index (χ1n) is 6.06. The summed E-state index contributed by atoms with van der Waals surface area (Å²) in [6.45, 7) is 12.5. The first kappa shape index (κ1) is 13.2. The third-order valence-corrected chi connectivity index (χ3v) is 3.76. The van der Waals surface area contributed by atoms with Crippen molar-refractivity contribution in [3.8, 4) is 0 Å². The number of hydrogen-bond acceptors (Lipinski definition) is 1. The molecule has 0 aromatic heterocycles. The Kier molecular flexibility index (Phi) is 3.47. The Hall–Kier alpha value is -0.850. The zero-order valence-corrected chi connectivity index (χ0v) is 11.5. The van der Waals surface area contributed by atoms with Gasteiger partial charge in [-0.25, -0.2) is 0 Å². The van der Waals surface area contributed by atoms with E-state index >= 15 is 0 Å². The van der Waals surface area contributed by atoms with Crippen LogP contribution in [0.4, 0.5) is 0 Å². The smallest absolute Gasteiger partial charge is 0.139 e. The van der Waals surface area contributed by atoms with E-state index in [1.165, 1.54) is 11.1 Å². The van der Waals surface area contributed by atoms with Gasteiger partial charge in [0.25, 0.3) is 0 Å². The second-order valence-corrected chi connectivity index (χ2v) is 6.30. The molecule has 0 fully saturated rings. The van der Waals surface area contributed by atoms with Crippen molar-refractivity contribution in [2.75, 3.05) is 0 Å². The monoisotopic (exact) mass is 220 g/mol. The Morgan fingerprint density at radius 2 is 1.56 bits per heavy atom. The minimum atomic E-state index is -0.301. The Morgan fingerprint density at radius 3 is 2.00 bits per heavy atom. The van der Waals surface area contributed by atoms with Crippen LogP contribution in [0, 0.1) is 10.8 Å². The second kappa shape index (κ2) is 4.20. The number of hydrogen-bond donors (Lipinski definition) is 0. The van der Waals surface area contributed by atoms with Crippen molar-refractivity contribution in [1.29, 1.82) is 0 Å². The quantitative estimate of drug-likeness (QED) is 0.634. The van der Waals surface area contributed by atoms with Crippen LogP contribution in [-0.2, 0) is 4.79 Å². The molecule has 0 aromatic carbocycles. The van der Waals surface area contributed by atoms with Crippen molar-refractivity contribution in [2.24, 2.45) is 10.8 Å². The van der Waals surface area contributed by atoms with Crippen molar-refractivity contribution in [3.05, 3.63) is 23.3 Å². The van der Waals surface area contributed by atoms with Crippen molar-refractivity contribution < 1.29 is 4.79 Å². The van der Waals surface area contributed by atoms with Gasteiger partial charge < -0.3 is 0 Å². The van der Waals surface area contributed by atoms with Gasteiger partial charge in [0.1, 0.15) is 5.78 Å². The van der Waals surface area contributed by atoms with Gasteiger partial charge >= 0.3 is 0 Å². The van der Waals surface area contributed by atoms with Crippen molar-refractivity contribution in [1.82, 2.24) is 0 Å². The van der Waals surface area contributed by atoms with Gasteiger partial charge in [0, 0.05) is 5.41 Å². The lowest BCUT2D eigenvalue weighted by Crippen LogP contribution is -2.26. The van der Waals surface area contributed by atoms with Gasteiger partial charge in [-0.2, -0.15) is 0 Å². The largest absolute Gasteiger partial charge is 0.299 e. The fourth-order valence-corrected chi connectivity index (χ4v) is 1.97. The maximum Gasteiger partial charge on any atom is 0.139 e. The number of Topliss-reactive ketones (excluding diaryl/α,β-unsaturated/α-hetero) is 1. The zero-order chi connectivity index (χ0) is 12.6. The summed E-state index contributed by atoms with van der Waals surface area (Å²) in [7, 11) is 0. The normalized spacial score (nSPS) is 17.9. The average Bonchev–Trinajstić information content (AvgIpc) is 2.16. The summed E-state index contributed by atoms with van der Waals surface area (Å²) in [6, 6.07) is 0. The molecule has 0 bridgehead atoms. The molecular formula is C15H24O. The van der Waals surface area contributed by atoms with E-state index in [1.54, 1.807) is 6.92 Å². The predicted octanol–water partition coefficient (Wildman–Crippen LogP) is 4.29. The van der Waals surface area contributed by atoms with Crippen LogP contribution in [0.15, 0.2) is 23.3 Å². The molecule has 0 aromatic rings. The summed E-state index contributed by atoms with van der Waals surface area (Å²) in [5.74, 6) is 0.258. The van der Waals surface area contributed by atoms with Gasteiger partial charge in [-0.1, -0.05) is 44.1 Å². The van der Waals surface area contributed by atoms with Gasteiger partial charge in [-0.3, -0.25) is 4.79 Å². The second-order valence-electron chi connectivity index (χ2n) is 6.30. The van der Waals surface area contributed by atoms with Crippen LogP contribution in [0.3, 0.4) is 0 Å². The fraction of sp³-hybridized carbons (Fsp3) is 0.667. The van der Waals surface area contributed by atoms with E-state index in [0.29, 0.717) is 0 Å². The Morgan fingerprint density at radius 1 is 1.06 bits per heavy atom. The van der Waals surface area contributed by atoms with E-state index in [2.05, 4.69) is 32.9 Å². The SMILES string of the molecule is CC(=O)C(C)(C)C1=CCC=C(C(C)(C)C)C1. The Labute approximate surface area is 99.6 Å². The summed E-state index contributed by atoms with van der Waals surface area (Å²) in [4.78, 5) is 11.7. The number of carbonyl (C=O) groups excluding carboxylic acids is 1. The molecule has 0 heterocycles. The van der Waals surface area contributed by atoms with E-state index in [1.807, 2.05) is 13.8 Å². The highest BCUT2D eigenvalue weighted by atomic mass is 16.1. The number of allylic oxidation sites excluding steroid dienone is 4. The molecule has 90 valence electrons. The van der Waals surface area contributed by atoms with Crippen LogP contribution in [0.5, 0.6) is 0 Å². The molecule has 0 amide bonds. The molecule has 0 radical (unpaired) electrons. The lowest BCUT2D eigenvalue weighted by Gasteiger charge is -2.33. The molecule has 1 rings (SSSR count). The molecule has 0 unspecified atom stereocenters. The molecule has 16 heavy (non-hydrogen) atoms. The predicted molar refractivity (Wildman–Crippen MR) is 69.3 cm³/mol. The first-order valence-corrected chi connectivity index (χ1v) is 6.06. The molecule has 0 N–H and O–H groups in total. The van der Waals surface area contributed by atoms with E-state index in [4.69, 9.17) is 0 Å². The number of ketones is 1. The molecule has 0 atom stereocenters. The van der Waals surface area contributed by atoms with E-state index in [9.17, 15) is 4.79 Å². The minimum absolute atomic E-state index is 0.215. The van der Waals surface area contributed by atoms with Crippen molar-refractivity contribution >= 4 is 5.78 Å². The van der Waals surface area contributed by atoms with Crippen LogP contribution in [-0.4, -0.2) is 5.78 Å². The Balaban J connectivity index is 2.90. The Bertz CT molecular complexity index is 348. The molecule has 0 spiro atoms. The zero-order valence-electron chi connectivity index (χ0n) is 11.5. The van der Waals surface area contributed by atoms with Crippen LogP contribution in [0.1, 0.15) is 54.4 Å². The lowest BCUT2D eigenvalue weighted by atomic mass is 9.71. The fourth-order valence-electron chi connectivity index (χ4n) is 1.97. The number of rotatable bonds is 2. The van der Waals surface area contributed by atoms with Crippen LogP contribution in [0.2, 0.25) is 0 Å². The average molecular weight is 220 g/mol. The topological polar surface area (TPSA) is 17.1 Å². The highest BCUT2D eigenvalue weighted by Gasteiger charge is 2.31. The maximum absolute atomic E-state index is 11.7. The molecular weight excluding hydrogens is 196 g/mol.